The highest BCUT2D eigenvalue weighted by Crippen LogP contribution is 2.31. The van der Waals surface area contributed by atoms with E-state index in [0.29, 0.717) is 31.9 Å². The lowest BCUT2D eigenvalue weighted by Crippen LogP contribution is -2.31. The fraction of sp³-hybridized carbons (Fsp3) is 0.118. The van der Waals surface area contributed by atoms with Crippen LogP contribution in [0.1, 0.15) is 38.4 Å². The van der Waals surface area contributed by atoms with Crippen molar-refractivity contribution in [2.45, 2.75) is 32.2 Å². The van der Waals surface area contributed by atoms with Gasteiger partial charge in [0.25, 0.3) is 15.9 Å². The van der Waals surface area contributed by atoms with E-state index in [1.165, 1.54) is 4.31 Å². The van der Waals surface area contributed by atoms with Crippen LogP contribution in [0.3, 0.4) is 0 Å². The van der Waals surface area contributed by atoms with Gasteiger partial charge in [0.2, 0.25) is 0 Å². The van der Waals surface area contributed by atoms with Crippen molar-refractivity contribution >= 4 is 62.6 Å². The molecule has 5 aromatic rings. The third kappa shape index (κ3) is 7.26. The molecule has 0 saturated heterocycles. The zero-order valence-electron chi connectivity index (χ0n) is 24.6. The molecule has 1 heterocycles. The molecule has 1 amide bonds. The van der Waals surface area contributed by atoms with Gasteiger partial charge in [-0.15, -0.1) is 0 Å². The lowest BCUT2D eigenvalue weighted by molar-refractivity contribution is 0.0955. The number of carbonyl (C=O) groups is 1. The van der Waals surface area contributed by atoms with Crippen molar-refractivity contribution in [1.82, 2.24) is 9.99 Å². The molecular weight excluding hydrogens is 651 g/mol. The highest BCUT2D eigenvalue weighted by atomic mass is 35.5. The number of hydrogen-bond acceptors (Lipinski definition) is 4. The minimum atomic E-state index is -3.92. The average molecular weight is 680 g/mol. The maximum absolute atomic E-state index is 13.8. The van der Waals surface area contributed by atoms with E-state index in [2.05, 4.69) is 10.5 Å². The molecule has 0 radical (unpaired) electrons. The van der Waals surface area contributed by atoms with Crippen LogP contribution < -0.4 is 9.73 Å². The number of hydrogen-bond donors (Lipinski definition) is 1. The average Bonchev–Trinajstić information content (AvgIpc) is 3.29. The SMILES string of the molecule is Cc1ccc(Cl)cc1N(Cc1ccc(C(=O)N/N=C\c2cc(C)n(-c3cc(Cl)cc(Cl)c3)c2C)cc1)S(=O)(=O)c1ccccc1. The molecule has 7 nitrogen and oxygen atoms in total. The Hall–Kier alpha value is -4.08. The van der Waals surface area contributed by atoms with Crippen molar-refractivity contribution in [2.75, 3.05) is 4.31 Å². The summed E-state index contributed by atoms with van der Waals surface area (Å²) in [6, 6.07) is 27.3. The van der Waals surface area contributed by atoms with Gasteiger partial charge < -0.3 is 4.57 Å². The van der Waals surface area contributed by atoms with Crippen molar-refractivity contribution in [3.63, 3.8) is 0 Å². The Morgan fingerprint density at radius 3 is 2.18 bits per heavy atom. The fourth-order valence-electron chi connectivity index (χ4n) is 5.01. The Labute approximate surface area is 277 Å². The molecule has 45 heavy (non-hydrogen) atoms. The normalized spacial score (nSPS) is 11.6. The van der Waals surface area contributed by atoms with Crippen LogP contribution in [0, 0.1) is 20.8 Å². The Bertz CT molecular complexity index is 1990. The number of anilines is 1. The number of rotatable bonds is 9. The van der Waals surface area contributed by atoms with Crippen molar-refractivity contribution in [2.24, 2.45) is 5.10 Å². The summed E-state index contributed by atoms with van der Waals surface area (Å²) in [6.07, 6.45) is 1.58. The van der Waals surface area contributed by atoms with Crippen molar-refractivity contribution in [3.8, 4) is 5.69 Å². The molecule has 5 rings (SSSR count). The Morgan fingerprint density at radius 1 is 0.844 bits per heavy atom. The van der Waals surface area contributed by atoms with Crippen LogP contribution in [-0.2, 0) is 16.6 Å². The van der Waals surface area contributed by atoms with Gasteiger partial charge in [-0.05, 0) is 92.6 Å². The number of nitrogens with zero attached hydrogens (tertiary/aromatic N) is 3. The third-order valence-electron chi connectivity index (χ3n) is 7.26. The van der Waals surface area contributed by atoms with Gasteiger partial charge in [0, 0.05) is 43.3 Å². The first-order valence-corrected chi connectivity index (χ1v) is 16.4. The van der Waals surface area contributed by atoms with Gasteiger partial charge in [-0.1, -0.05) is 71.2 Å². The van der Waals surface area contributed by atoms with Crippen LogP contribution in [0.2, 0.25) is 15.1 Å². The summed E-state index contributed by atoms with van der Waals surface area (Å²) < 4.78 is 30.9. The number of sulfonamides is 1. The van der Waals surface area contributed by atoms with Crippen molar-refractivity contribution in [3.05, 3.63) is 146 Å². The molecule has 230 valence electrons. The predicted octanol–water partition coefficient (Wildman–Crippen LogP) is 8.52. The van der Waals surface area contributed by atoms with Crippen LogP contribution >= 0.6 is 34.8 Å². The second kappa shape index (κ2) is 13.5. The summed E-state index contributed by atoms with van der Waals surface area (Å²) in [5, 5.41) is 5.65. The lowest BCUT2D eigenvalue weighted by atomic mass is 10.1. The Morgan fingerprint density at radius 2 is 1.51 bits per heavy atom. The summed E-state index contributed by atoms with van der Waals surface area (Å²) >= 11 is 18.7. The number of halogens is 3. The van der Waals surface area contributed by atoms with Crippen molar-refractivity contribution in [1.29, 1.82) is 0 Å². The smallest absolute Gasteiger partial charge is 0.271 e. The standard InChI is InChI=1S/C34H29Cl3N4O3S/c1-22-9-14-28(35)19-33(22)40(45(43,44)32-7-5-4-6-8-32)21-25-10-12-26(13-11-25)34(42)39-38-20-27-15-23(2)41(24(27)3)31-17-29(36)16-30(37)18-31/h4-20H,21H2,1-3H3,(H,39,42)/b38-20-. The monoisotopic (exact) mass is 678 g/mol. The first-order valence-electron chi connectivity index (χ1n) is 13.9. The highest BCUT2D eigenvalue weighted by molar-refractivity contribution is 7.92. The van der Waals surface area contributed by atoms with Crippen molar-refractivity contribution < 1.29 is 13.2 Å². The zero-order valence-corrected chi connectivity index (χ0v) is 27.7. The first kappa shape index (κ1) is 32.3. The number of aryl methyl sites for hydroxylation is 2. The number of amides is 1. The van der Waals surface area contributed by atoms with E-state index in [4.69, 9.17) is 34.8 Å². The van der Waals surface area contributed by atoms with E-state index in [1.54, 1.807) is 85.1 Å². The molecule has 11 heteroatoms. The number of carbonyl (C=O) groups excluding carboxylic acids is 1. The van der Waals surface area contributed by atoms with E-state index in [9.17, 15) is 13.2 Å². The quantitative estimate of drug-likeness (QED) is 0.125. The van der Waals surface area contributed by atoms with Crippen LogP contribution in [0.25, 0.3) is 5.69 Å². The van der Waals surface area contributed by atoms with E-state index < -0.39 is 15.9 Å². The highest BCUT2D eigenvalue weighted by Gasteiger charge is 2.26. The van der Waals surface area contributed by atoms with Crippen LogP contribution in [0.5, 0.6) is 0 Å². The van der Waals surface area contributed by atoms with Crippen LogP contribution in [0.4, 0.5) is 5.69 Å². The van der Waals surface area contributed by atoms with Gasteiger partial charge in [0.1, 0.15) is 0 Å². The number of hydrazone groups is 1. The lowest BCUT2D eigenvalue weighted by Gasteiger charge is -2.26. The summed E-state index contributed by atoms with van der Waals surface area (Å²) in [4.78, 5) is 13.1. The van der Waals surface area contributed by atoms with E-state index >= 15 is 0 Å². The van der Waals surface area contributed by atoms with Crippen LogP contribution in [0.15, 0.2) is 107 Å². The summed E-state index contributed by atoms with van der Waals surface area (Å²) in [6.45, 7) is 5.76. The molecule has 0 aliphatic rings. The molecule has 0 aliphatic heterocycles. The summed E-state index contributed by atoms with van der Waals surface area (Å²) in [5.74, 6) is -0.410. The van der Waals surface area contributed by atoms with Gasteiger partial charge in [-0.2, -0.15) is 5.10 Å². The fourth-order valence-corrected chi connectivity index (χ4v) is 7.22. The number of nitrogens with one attached hydrogen (secondary N) is 1. The minimum Gasteiger partial charge on any atom is -0.318 e. The van der Waals surface area contributed by atoms with Gasteiger partial charge >= 0.3 is 0 Å². The molecule has 4 aromatic carbocycles. The molecule has 1 aromatic heterocycles. The molecule has 0 bridgehead atoms. The topological polar surface area (TPSA) is 83.8 Å². The zero-order chi connectivity index (χ0) is 32.3. The Kier molecular flexibility index (Phi) is 9.70. The van der Waals surface area contributed by atoms with E-state index in [0.717, 1.165) is 28.2 Å². The molecule has 0 saturated carbocycles. The second-order valence-electron chi connectivity index (χ2n) is 10.4. The molecule has 0 spiro atoms. The molecular formula is C34H29Cl3N4O3S. The Balaban J connectivity index is 1.33. The second-order valence-corrected chi connectivity index (χ2v) is 13.6. The number of aromatic nitrogens is 1. The van der Waals surface area contributed by atoms with Gasteiger partial charge in [0.05, 0.1) is 23.3 Å². The van der Waals surface area contributed by atoms with Gasteiger partial charge in [-0.25, -0.2) is 13.8 Å². The van der Waals surface area contributed by atoms with Gasteiger partial charge in [-0.3, -0.25) is 9.10 Å². The minimum absolute atomic E-state index is 0.0336. The maximum atomic E-state index is 13.8. The van der Waals surface area contributed by atoms with E-state index in [1.807, 2.05) is 43.5 Å². The van der Waals surface area contributed by atoms with Crippen LogP contribution in [-0.4, -0.2) is 25.1 Å². The number of benzene rings is 4. The summed E-state index contributed by atoms with van der Waals surface area (Å²) in [5.41, 5.74) is 8.33. The maximum Gasteiger partial charge on any atom is 0.271 e. The molecule has 0 aliphatic carbocycles. The summed E-state index contributed by atoms with van der Waals surface area (Å²) in [7, 11) is -3.92. The molecule has 1 N–H and O–H groups in total. The molecule has 0 fully saturated rings. The first-order chi connectivity index (χ1) is 21.4. The third-order valence-corrected chi connectivity index (χ3v) is 9.70. The predicted molar refractivity (Wildman–Crippen MR) is 183 cm³/mol. The van der Waals surface area contributed by atoms with E-state index in [-0.39, 0.29) is 11.4 Å². The molecule has 0 atom stereocenters. The van der Waals surface area contributed by atoms with Gasteiger partial charge in [0.15, 0.2) is 0 Å². The molecule has 0 unspecified atom stereocenters. The largest absolute Gasteiger partial charge is 0.318 e.